The van der Waals surface area contributed by atoms with Crippen LogP contribution in [0.15, 0.2) is 23.4 Å². The van der Waals surface area contributed by atoms with E-state index in [1.54, 1.807) is 0 Å². The number of hydrogen-bond donors (Lipinski definition) is 2. The Labute approximate surface area is 146 Å². The zero-order valence-corrected chi connectivity index (χ0v) is 15.1. The van der Waals surface area contributed by atoms with Crippen LogP contribution in [0.1, 0.15) is 44.1 Å². The number of anilines is 1. The lowest BCUT2D eigenvalue weighted by molar-refractivity contribution is -0.113. The van der Waals surface area contributed by atoms with Crippen molar-refractivity contribution in [3.05, 3.63) is 35.2 Å². The zero-order chi connectivity index (χ0) is 17.3. The molecule has 3 rings (SSSR count). The third-order valence-corrected chi connectivity index (χ3v) is 4.99. The summed E-state index contributed by atoms with van der Waals surface area (Å²) >= 11 is 1.29. The van der Waals surface area contributed by atoms with E-state index in [0.29, 0.717) is 11.0 Å². The van der Waals surface area contributed by atoms with Crippen molar-refractivity contribution in [1.29, 1.82) is 0 Å². The predicted octanol–water partition coefficient (Wildman–Crippen LogP) is 2.51. The maximum atomic E-state index is 12.2. The monoisotopic (exact) mass is 345 g/mol. The van der Waals surface area contributed by atoms with Gasteiger partial charge < -0.3 is 11.2 Å². The molecule has 1 amide bonds. The molecule has 0 bridgehead atoms. The van der Waals surface area contributed by atoms with Crippen LogP contribution in [-0.2, 0) is 23.1 Å². The normalized spacial score (nSPS) is 13.8. The third kappa shape index (κ3) is 3.56. The van der Waals surface area contributed by atoms with Gasteiger partial charge in [0.2, 0.25) is 11.1 Å². The molecule has 0 fully saturated rings. The van der Waals surface area contributed by atoms with E-state index in [-0.39, 0.29) is 17.1 Å². The number of fused-ring (bicyclic) bond motifs is 1. The molecule has 1 aliphatic carbocycles. The van der Waals surface area contributed by atoms with Crippen LogP contribution in [-0.4, -0.2) is 26.5 Å². The Morgan fingerprint density at radius 3 is 2.75 bits per heavy atom. The van der Waals surface area contributed by atoms with Crippen LogP contribution in [0.5, 0.6) is 0 Å². The van der Waals surface area contributed by atoms with E-state index in [4.69, 9.17) is 5.84 Å². The van der Waals surface area contributed by atoms with Crippen molar-refractivity contribution in [2.24, 2.45) is 0 Å². The van der Waals surface area contributed by atoms with Crippen LogP contribution in [0.2, 0.25) is 0 Å². The fourth-order valence-corrected chi connectivity index (χ4v) is 3.52. The van der Waals surface area contributed by atoms with Gasteiger partial charge in [-0.3, -0.25) is 4.79 Å². The lowest BCUT2D eigenvalue weighted by atomic mass is 9.96. The summed E-state index contributed by atoms with van der Waals surface area (Å²) in [6.45, 7) is 6.07. The summed E-state index contributed by atoms with van der Waals surface area (Å²) in [5, 5.41) is 11.7. The Morgan fingerprint density at radius 1 is 1.29 bits per heavy atom. The quantitative estimate of drug-likeness (QED) is 0.657. The number of benzene rings is 1. The van der Waals surface area contributed by atoms with Crippen molar-refractivity contribution < 1.29 is 4.79 Å². The number of rotatable bonds is 4. The van der Waals surface area contributed by atoms with Gasteiger partial charge in [-0.05, 0) is 42.5 Å². The fourth-order valence-electron chi connectivity index (χ4n) is 2.86. The van der Waals surface area contributed by atoms with Crippen LogP contribution >= 0.6 is 11.8 Å². The minimum atomic E-state index is -0.187. The molecule has 7 heteroatoms. The number of nitrogens with two attached hydrogens (primary N) is 1. The molecule has 24 heavy (non-hydrogen) atoms. The smallest absolute Gasteiger partial charge is 0.234 e. The Bertz CT molecular complexity index is 763. The molecule has 1 heterocycles. The summed E-state index contributed by atoms with van der Waals surface area (Å²) in [5.41, 5.74) is 3.41. The molecule has 128 valence electrons. The average Bonchev–Trinajstić information content (AvgIpc) is 3.10. The fraction of sp³-hybridized carbons (Fsp3) is 0.471. The summed E-state index contributed by atoms with van der Waals surface area (Å²) in [6, 6.07) is 6.15. The van der Waals surface area contributed by atoms with E-state index in [1.165, 1.54) is 34.0 Å². The molecule has 0 saturated heterocycles. The number of thioether (sulfide) groups is 1. The first kappa shape index (κ1) is 16.8. The molecular weight excluding hydrogens is 322 g/mol. The number of aryl methyl sites for hydroxylation is 2. The van der Waals surface area contributed by atoms with E-state index < -0.39 is 0 Å². The van der Waals surface area contributed by atoms with Crippen molar-refractivity contribution >= 4 is 23.4 Å². The van der Waals surface area contributed by atoms with Crippen LogP contribution < -0.4 is 11.2 Å². The van der Waals surface area contributed by atoms with Gasteiger partial charge in [-0.15, -0.1) is 10.2 Å². The Hall–Kier alpha value is -2.02. The molecule has 0 unspecified atom stereocenters. The largest absolute Gasteiger partial charge is 0.336 e. The second kappa shape index (κ2) is 6.47. The van der Waals surface area contributed by atoms with E-state index in [2.05, 4.69) is 27.6 Å². The summed E-state index contributed by atoms with van der Waals surface area (Å²) in [7, 11) is 0. The van der Waals surface area contributed by atoms with Crippen molar-refractivity contribution in [1.82, 2.24) is 14.9 Å². The van der Waals surface area contributed by atoms with Gasteiger partial charge in [-0.2, -0.15) is 0 Å². The van der Waals surface area contributed by atoms with Gasteiger partial charge in [0, 0.05) is 11.1 Å². The van der Waals surface area contributed by atoms with Crippen LogP contribution in [0, 0.1) is 0 Å². The zero-order valence-electron chi connectivity index (χ0n) is 14.3. The number of nitrogens with one attached hydrogen (secondary N) is 1. The lowest BCUT2D eigenvalue weighted by Gasteiger charge is -2.16. The topological polar surface area (TPSA) is 85.8 Å². The summed E-state index contributed by atoms with van der Waals surface area (Å²) in [5.74, 6) is 6.90. The minimum Gasteiger partial charge on any atom is -0.336 e. The van der Waals surface area contributed by atoms with Gasteiger partial charge in [0.15, 0.2) is 5.82 Å². The number of amides is 1. The Balaban J connectivity index is 1.59. The van der Waals surface area contributed by atoms with Gasteiger partial charge in [0.25, 0.3) is 0 Å². The van der Waals surface area contributed by atoms with Gasteiger partial charge in [0.1, 0.15) is 0 Å². The third-order valence-electron chi connectivity index (χ3n) is 4.05. The maximum Gasteiger partial charge on any atom is 0.234 e. The number of carbonyl (C=O) groups excluding carboxylic acids is 1. The van der Waals surface area contributed by atoms with Crippen LogP contribution in [0.3, 0.4) is 0 Å². The molecule has 0 atom stereocenters. The highest BCUT2D eigenvalue weighted by molar-refractivity contribution is 7.99. The number of aromatic nitrogens is 3. The van der Waals surface area contributed by atoms with Crippen LogP contribution in [0.4, 0.5) is 5.69 Å². The van der Waals surface area contributed by atoms with Gasteiger partial charge in [0.05, 0.1) is 5.75 Å². The van der Waals surface area contributed by atoms with E-state index >= 15 is 0 Å². The van der Waals surface area contributed by atoms with Gasteiger partial charge in [-0.25, -0.2) is 4.68 Å². The Kier molecular flexibility index (Phi) is 4.54. The second-order valence-electron chi connectivity index (χ2n) is 7.10. The van der Waals surface area contributed by atoms with Crippen molar-refractivity contribution in [2.75, 3.05) is 16.9 Å². The molecule has 0 radical (unpaired) electrons. The van der Waals surface area contributed by atoms with Crippen molar-refractivity contribution in [2.45, 2.75) is 50.6 Å². The average molecular weight is 345 g/mol. The second-order valence-corrected chi connectivity index (χ2v) is 8.04. The molecule has 1 aromatic heterocycles. The standard InChI is InChI=1S/C17H23N5OS/c1-17(2,3)15-20-21-16(22(15)18)24-10-14(23)19-13-8-7-11-5-4-6-12(11)9-13/h7-9H,4-6,10,18H2,1-3H3,(H,19,23). The highest BCUT2D eigenvalue weighted by atomic mass is 32.2. The first-order chi connectivity index (χ1) is 11.3. The highest BCUT2D eigenvalue weighted by Crippen LogP contribution is 2.26. The molecule has 1 aliphatic rings. The molecule has 1 aromatic carbocycles. The molecule has 3 N–H and O–H groups in total. The minimum absolute atomic E-state index is 0.0711. The predicted molar refractivity (Wildman–Crippen MR) is 96.7 cm³/mol. The molecule has 6 nitrogen and oxygen atoms in total. The van der Waals surface area contributed by atoms with E-state index in [9.17, 15) is 4.79 Å². The van der Waals surface area contributed by atoms with Crippen LogP contribution in [0.25, 0.3) is 0 Å². The van der Waals surface area contributed by atoms with Gasteiger partial charge in [-0.1, -0.05) is 38.6 Å². The molecular formula is C17H23N5OS. The SMILES string of the molecule is CC(C)(C)c1nnc(SCC(=O)Nc2ccc3c(c2)CCC3)n1N. The molecule has 0 saturated carbocycles. The highest BCUT2D eigenvalue weighted by Gasteiger charge is 2.23. The number of carbonyl (C=O) groups is 1. The Morgan fingerprint density at radius 2 is 2.04 bits per heavy atom. The first-order valence-electron chi connectivity index (χ1n) is 8.10. The lowest BCUT2D eigenvalue weighted by Crippen LogP contribution is -2.24. The summed E-state index contributed by atoms with van der Waals surface area (Å²) in [6.07, 6.45) is 3.44. The molecule has 0 aliphatic heterocycles. The summed E-state index contributed by atoms with van der Waals surface area (Å²) < 4.78 is 1.47. The maximum absolute atomic E-state index is 12.2. The number of nitrogens with zero attached hydrogens (tertiary/aromatic N) is 3. The van der Waals surface area contributed by atoms with E-state index in [1.807, 2.05) is 26.8 Å². The van der Waals surface area contributed by atoms with Crippen molar-refractivity contribution in [3.63, 3.8) is 0 Å². The number of nitrogen functional groups attached to an aromatic ring is 1. The van der Waals surface area contributed by atoms with Gasteiger partial charge >= 0.3 is 0 Å². The summed E-state index contributed by atoms with van der Waals surface area (Å²) in [4.78, 5) is 12.2. The number of hydrogen-bond acceptors (Lipinski definition) is 5. The molecule has 0 spiro atoms. The first-order valence-corrected chi connectivity index (χ1v) is 9.08. The van der Waals surface area contributed by atoms with Crippen molar-refractivity contribution in [3.8, 4) is 0 Å². The molecule has 2 aromatic rings. The van der Waals surface area contributed by atoms with E-state index in [0.717, 1.165) is 18.5 Å².